The number of nitriles is 1. The molecule has 12 nitrogen and oxygen atoms in total. The van der Waals surface area contributed by atoms with Crippen molar-refractivity contribution in [3.8, 4) is 34.8 Å². The van der Waals surface area contributed by atoms with E-state index in [-0.39, 0.29) is 41.7 Å². The Morgan fingerprint density at radius 3 is 2.37 bits per heavy atom. The van der Waals surface area contributed by atoms with E-state index in [9.17, 15) is 20.0 Å². The number of hydrogen-bond donors (Lipinski definition) is 2. The van der Waals surface area contributed by atoms with Gasteiger partial charge >= 0.3 is 5.97 Å². The van der Waals surface area contributed by atoms with E-state index in [1.165, 1.54) is 12.1 Å². The van der Waals surface area contributed by atoms with Crippen molar-refractivity contribution in [1.82, 2.24) is 19.4 Å². The van der Waals surface area contributed by atoms with E-state index in [0.29, 0.717) is 62.1 Å². The van der Waals surface area contributed by atoms with Gasteiger partial charge in [0.15, 0.2) is 0 Å². The summed E-state index contributed by atoms with van der Waals surface area (Å²) < 4.78 is 19.3. The first kappa shape index (κ1) is 34.7. The minimum atomic E-state index is -0.745. The van der Waals surface area contributed by atoms with Crippen LogP contribution in [0.1, 0.15) is 43.4 Å². The van der Waals surface area contributed by atoms with Crippen LogP contribution in [0.4, 0.5) is 0 Å². The number of aromatic hydroxyl groups is 1. The van der Waals surface area contributed by atoms with E-state index in [4.69, 9.17) is 19.3 Å². The van der Waals surface area contributed by atoms with Gasteiger partial charge in [0.2, 0.25) is 0 Å². The largest absolute Gasteiger partial charge is 0.507 e. The summed E-state index contributed by atoms with van der Waals surface area (Å²) in [6.45, 7) is 5.37. The predicted molar refractivity (Wildman–Crippen MR) is 187 cm³/mol. The van der Waals surface area contributed by atoms with Gasteiger partial charge in [0, 0.05) is 51.5 Å². The molecule has 4 aromatic carbocycles. The average molecular weight is 688 g/mol. The fourth-order valence-corrected chi connectivity index (χ4v) is 5.84. The van der Waals surface area contributed by atoms with Crippen LogP contribution in [0.5, 0.6) is 28.7 Å². The molecule has 5 aromatic rings. The lowest BCUT2D eigenvalue weighted by molar-refractivity contribution is 0.0617. The maximum Gasteiger partial charge on any atom is 0.347 e. The molecule has 1 amide bonds. The van der Waals surface area contributed by atoms with Crippen molar-refractivity contribution in [2.45, 2.75) is 20.0 Å². The molecular weight excluding hydrogens is 650 g/mol. The summed E-state index contributed by atoms with van der Waals surface area (Å²) in [5, 5.41) is 28.9. The number of nitrogens with zero attached hydrogens (tertiary/aromatic N) is 5. The van der Waals surface area contributed by atoms with Gasteiger partial charge in [-0.25, -0.2) is 9.78 Å². The standard InChI is InChI=1S/C39H37N5O7/c1-27-41-24-30(44(27)25-28-13-14-29(23-40)37(21-28)50-32-8-6-7-31(22-32)49-20-19-45)26-42-15-17-43(18-16-42)38(47)34-10-3-5-12-36(34)51-39(48)33-9-2-4-11-35(33)46/h2-14,21-22,24,45-46H,15-20,25-26H2,1H3. The van der Waals surface area contributed by atoms with Gasteiger partial charge in [0.1, 0.15) is 52.8 Å². The molecule has 0 atom stereocenters. The summed E-state index contributed by atoms with van der Waals surface area (Å²) in [5.41, 5.74) is 2.62. The van der Waals surface area contributed by atoms with Crippen LogP contribution >= 0.6 is 0 Å². The molecule has 0 unspecified atom stereocenters. The van der Waals surface area contributed by atoms with Gasteiger partial charge in [-0.05, 0) is 61.0 Å². The molecule has 260 valence electrons. The Kier molecular flexibility index (Phi) is 10.9. The Bertz CT molecular complexity index is 2060. The summed E-state index contributed by atoms with van der Waals surface area (Å²) in [6.07, 6.45) is 1.86. The number of aliphatic hydroxyl groups excluding tert-OH is 1. The van der Waals surface area contributed by atoms with Gasteiger partial charge in [0.05, 0.1) is 23.4 Å². The van der Waals surface area contributed by atoms with Crippen LogP contribution in [0.25, 0.3) is 0 Å². The monoisotopic (exact) mass is 687 g/mol. The summed E-state index contributed by atoms with van der Waals surface area (Å²) in [6, 6.07) is 27.4. The second-order valence-electron chi connectivity index (χ2n) is 11.9. The predicted octanol–water partition coefficient (Wildman–Crippen LogP) is 5.16. The fraction of sp³-hybridized carbons (Fsp3) is 0.231. The second kappa shape index (κ2) is 16.0. The Morgan fingerprint density at radius 1 is 0.863 bits per heavy atom. The van der Waals surface area contributed by atoms with Gasteiger partial charge < -0.3 is 33.9 Å². The first-order chi connectivity index (χ1) is 24.8. The van der Waals surface area contributed by atoms with Crippen molar-refractivity contribution < 1.29 is 34.0 Å². The number of phenols is 1. The van der Waals surface area contributed by atoms with Crippen LogP contribution in [0.3, 0.4) is 0 Å². The number of carbonyl (C=O) groups is 2. The second-order valence-corrected chi connectivity index (χ2v) is 11.9. The van der Waals surface area contributed by atoms with Crippen molar-refractivity contribution in [2.24, 2.45) is 0 Å². The summed E-state index contributed by atoms with van der Waals surface area (Å²) in [4.78, 5) is 34.9. The summed E-state index contributed by atoms with van der Waals surface area (Å²) in [5.74, 6) is 1.28. The van der Waals surface area contributed by atoms with E-state index < -0.39 is 5.97 Å². The highest BCUT2D eigenvalue weighted by molar-refractivity contribution is 5.99. The molecule has 0 spiro atoms. The molecule has 2 N–H and O–H groups in total. The Morgan fingerprint density at radius 2 is 1.61 bits per heavy atom. The zero-order valence-electron chi connectivity index (χ0n) is 28.1. The van der Waals surface area contributed by atoms with E-state index in [0.717, 1.165) is 17.1 Å². The van der Waals surface area contributed by atoms with E-state index >= 15 is 0 Å². The number of ether oxygens (including phenoxy) is 3. The first-order valence-corrected chi connectivity index (χ1v) is 16.5. The van der Waals surface area contributed by atoms with Crippen LogP contribution in [-0.4, -0.2) is 80.8 Å². The number of aryl methyl sites for hydroxylation is 1. The van der Waals surface area contributed by atoms with E-state index in [2.05, 4.69) is 20.5 Å². The zero-order valence-corrected chi connectivity index (χ0v) is 28.1. The minimum Gasteiger partial charge on any atom is -0.507 e. The average Bonchev–Trinajstić information content (AvgIpc) is 3.48. The molecule has 1 aliphatic rings. The Hall–Kier alpha value is -6.16. The van der Waals surface area contributed by atoms with E-state index in [1.807, 2.05) is 25.3 Å². The highest BCUT2D eigenvalue weighted by atomic mass is 16.5. The topological polar surface area (TPSA) is 150 Å². The molecule has 12 heteroatoms. The van der Waals surface area contributed by atoms with Crippen molar-refractivity contribution in [2.75, 3.05) is 39.4 Å². The molecule has 1 aromatic heterocycles. The summed E-state index contributed by atoms with van der Waals surface area (Å²) >= 11 is 0. The Balaban J connectivity index is 1.09. The number of imidazole rings is 1. The van der Waals surface area contributed by atoms with Crippen LogP contribution in [0.15, 0.2) is 97.2 Å². The number of benzene rings is 4. The lowest BCUT2D eigenvalue weighted by Crippen LogP contribution is -2.48. The molecule has 6 rings (SSSR count). The molecule has 1 aliphatic heterocycles. The van der Waals surface area contributed by atoms with Crippen molar-refractivity contribution in [1.29, 1.82) is 5.26 Å². The minimum absolute atomic E-state index is 0.0166. The van der Waals surface area contributed by atoms with Gasteiger partial charge in [-0.15, -0.1) is 0 Å². The maximum atomic E-state index is 13.6. The van der Waals surface area contributed by atoms with Gasteiger partial charge in [-0.1, -0.05) is 36.4 Å². The van der Waals surface area contributed by atoms with Crippen molar-refractivity contribution in [3.05, 3.63) is 131 Å². The summed E-state index contributed by atoms with van der Waals surface area (Å²) in [7, 11) is 0. The number of amides is 1. The van der Waals surface area contributed by atoms with Crippen LogP contribution < -0.4 is 14.2 Å². The number of aliphatic hydroxyl groups is 1. The highest BCUT2D eigenvalue weighted by Crippen LogP contribution is 2.30. The molecule has 51 heavy (non-hydrogen) atoms. The normalized spacial score (nSPS) is 13.0. The molecular formula is C39H37N5O7. The number of carbonyl (C=O) groups excluding carboxylic acids is 2. The molecule has 1 fully saturated rings. The lowest BCUT2D eigenvalue weighted by Gasteiger charge is -2.35. The number of hydrogen-bond acceptors (Lipinski definition) is 10. The SMILES string of the molecule is Cc1ncc(CN2CCN(C(=O)c3ccccc3OC(=O)c3ccccc3O)CC2)n1Cc1ccc(C#N)c(Oc2cccc(OCCO)c2)c1. The smallest absolute Gasteiger partial charge is 0.347 e. The highest BCUT2D eigenvalue weighted by Gasteiger charge is 2.26. The third-order valence-electron chi connectivity index (χ3n) is 8.53. The van der Waals surface area contributed by atoms with Crippen LogP contribution in [0, 0.1) is 18.3 Å². The van der Waals surface area contributed by atoms with Gasteiger partial charge in [-0.2, -0.15) is 5.26 Å². The third-order valence-corrected chi connectivity index (χ3v) is 8.53. The number of piperazine rings is 1. The number of rotatable bonds is 12. The van der Waals surface area contributed by atoms with Gasteiger partial charge in [-0.3, -0.25) is 9.69 Å². The Labute approximate surface area is 295 Å². The number of aromatic nitrogens is 2. The molecule has 2 heterocycles. The first-order valence-electron chi connectivity index (χ1n) is 16.5. The number of esters is 1. The number of phenolic OH excluding ortho intramolecular Hbond substituents is 1. The third kappa shape index (κ3) is 8.36. The zero-order chi connectivity index (χ0) is 35.7. The van der Waals surface area contributed by atoms with Crippen molar-refractivity contribution >= 4 is 11.9 Å². The lowest BCUT2D eigenvalue weighted by atomic mass is 10.1. The molecule has 0 radical (unpaired) electrons. The van der Waals surface area contributed by atoms with Gasteiger partial charge in [0.25, 0.3) is 5.91 Å². The quantitative estimate of drug-likeness (QED) is 0.133. The number of para-hydroxylation sites is 2. The molecule has 0 aliphatic carbocycles. The van der Waals surface area contributed by atoms with E-state index in [1.54, 1.807) is 71.6 Å². The van der Waals surface area contributed by atoms with Crippen LogP contribution in [-0.2, 0) is 13.1 Å². The van der Waals surface area contributed by atoms with Crippen molar-refractivity contribution in [3.63, 3.8) is 0 Å². The fourth-order valence-electron chi connectivity index (χ4n) is 5.84. The maximum absolute atomic E-state index is 13.6. The molecule has 0 bridgehead atoms. The molecule has 1 saturated heterocycles. The molecule has 0 saturated carbocycles. The van der Waals surface area contributed by atoms with Crippen LogP contribution in [0.2, 0.25) is 0 Å².